The van der Waals surface area contributed by atoms with E-state index in [0.29, 0.717) is 18.4 Å². The standard InChI is InChI=1S/C31H43N5O3/c1-31(2)17-26-29(27(37)18-31)23-6-5-7-25(23)36(26)21-12-13-22(30(32)39)24(16-21)33-19-8-10-20(11-9-19)34-28(38)14-15-35(3)4/h12-13,16,19-20,33H,5-11,14-15,17-18H2,1-4H3,(H2,32,39)(H,34,38). The first-order valence-electron chi connectivity index (χ1n) is 14.5. The Bertz CT molecular complexity index is 1280. The lowest BCUT2D eigenvalue weighted by Crippen LogP contribution is -2.41. The zero-order valence-electron chi connectivity index (χ0n) is 23.9. The van der Waals surface area contributed by atoms with Crippen molar-refractivity contribution in [3.63, 3.8) is 0 Å². The first-order chi connectivity index (χ1) is 18.5. The van der Waals surface area contributed by atoms with Crippen molar-refractivity contribution in [2.75, 3.05) is 26.0 Å². The molecule has 39 heavy (non-hydrogen) atoms. The Kier molecular flexibility index (Phi) is 7.60. The number of ketones is 1. The van der Waals surface area contributed by atoms with Gasteiger partial charge in [0, 0.05) is 59.8 Å². The quantitative estimate of drug-likeness (QED) is 0.475. The number of carbonyl (C=O) groups excluding carboxylic acids is 3. The van der Waals surface area contributed by atoms with E-state index < -0.39 is 5.91 Å². The molecule has 3 aliphatic rings. The van der Waals surface area contributed by atoms with E-state index in [2.05, 4.69) is 29.0 Å². The first-order valence-corrected chi connectivity index (χ1v) is 14.5. The van der Waals surface area contributed by atoms with E-state index >= 15 is 0 Å². The Hall–Kier alpha value is -3.13. The normalized spacial score (nSPS) is 21.9. The van der Waals surface area contributed by atoms with Crippen LogP contribution < -0.4 is 16.4 Å². The number of aromatic nitrogens is 1. The molecule has 0 spiro atoms. The second-order valence-electron chi connectivity index (χ2n) is 12.8. The average molecular weight is 534 g/mol. The smallest absolute Gasteiger partial charge is 0.250 e. The Morgan fingerprint density at radius 2 is 1.77 bits per heavy atom. The highest BCUT2D eigenvalue weighted by molar-refractivity contribution is 6.01. The molecule has 1 aromatic carbocycles. The van der Waals surface area contributed by atoms with E-state index in [0.717, 1.165) is 80.5 Å². The molecule has 0 unspecified atom stereocenters. The van der Waals surface area contributed by atoms with E-state index in [1.54, 1.807) is 0 Å². The summed E-state index contributed by atoms with van der Waals surface area (Å²) in [4.78, 5) is 39.9. The summed E-state index contributed by atoms with van der Waals surface area (Å²) in [7, 11) is 3.94. The number of fused-ring (bicyclic) bond motifs is 3. The molecule has 0 aliphatic heterocycles. The summed E-state index contributed by atoms with van der Waals surface area (Å²) >= 11 is 0. The minimum atomic E-state index is -0.457. The van der Waals surface area contributed by atoms with Crippen LogP contribution in [-0.4, -0.2) is 59.8 Å². The highest BCUT2D eigenvalue weighted by Crippen LogP contribution is 2.43. The molecule has 1 fully saturated rings. The molecule has 210 valence electrons. The van der Waals surface area contributed by atoms with Gasteiger partial charge in [0.15, 0.2) is 5.78 Å². The molecular formula is C31H43N5O3. The van der Waals surface area contributed by atoms with E-state index in [1.807, 2.05) is 37.2 Å². The van der Waals surface area contributed by atoms with E-state index in [-0.39, 0.29) is 29.2 Å². The molecule has 3 aliphatic carbocycles. The van der Waals surface area contributed by atoms with Crippen LogP contribution in [0.4, 0.5) is 5.69 Å². The Labute approximate surface area is 231 Å². The Morgan fingerprint density at radius 3 is 2.46 bits per heavy atom. The van der Waals surface area contributed by atoms with Gasteiger partial charge in [-0.25, -0.2) is 0 Å². The highest BCUT2D eigenvalue weighted by Gasteiger charge is 2.39. The molecule has 1 aromatic heterocycles. The fraction of sp³-hybridized carbons (Fsp3) is 0.581. The van der Waals surface area contributed by atoms with Gasteiger partial charge in [0.2, 0.25) is 5.91 Å². The van der Waals surface area contributed by atoms with Crippen molar-refractivity contribution >= 4 is 23.3 Å². The van der Waals surface area contributed by atoms with Crippen molar-refractivity contribution in [2.45, 2.75) is 90.1 Å². The van der Waals surface area contributed by atoms with Gasteiger partial charge in [-0.1, -0.05) is 13.8 Å². The third-order valence-corrected chi connectivity index (χ3v) is 8.65. The van der Waals surface area contributed by atoms with Crippen molar-refractivity contribution in [3.8, 4) is 5.69 Å². The number of nitrogens with one attached hydrogen (secondary N) is 2. The average Bonchev–Trinajstić information content (AvgIpc) is 3.43. The molecule has 4 N–H and O–H groups in total. The SMILES string of the molecule is CN(C)CCC(=O)NC1CCC(Nc2cc(-n3c4c(c5c3CC(C)(C)CC5=O)CCC4)ccc2C(N)=O)CC1. The number of hydrogen-bond donors (Lipinski definition) is 3. The molecule has 1 heterocycles. The summed E-state index contributed by atoms with van der Waals surface area (Å²) in [5.74, 6) is -0.0918. The number of benzene rings is 1. The van der Waals surface area contributed by atoms with Crippen molar-refractivity contribution in [1.82, 2.24) is 14.8 Å². The Balaban J connectivity index is 1.37. The molecule has 5 rings (SSSR count). The number of nitrogens with two attached hydrogens (primary N) is 1. The van der Waals surface area contributed by atoms with Crippen molar-refractivity contribution in [2.24, 2.45) is 11.1 Å². The molecule has 8 nitrogen and oxygen atoms in total. The first kappa shape index (κ1) is 27.4. The molecule has 2 amide bonds. The number of carbonyl (C=O) groups is 3. The molecule has 0 bridgehead atoms. The van der Waals surface area contributed by atoms with Gasteiger partial charge in [-0.05, 0) is 94.6 Å². The van der Waals surface area contributed by atoms with Crippen LogP contribution in [0.15, 0.2) is 18.2 Å². The number of Topliss-reactive ketones (excluding diaryl/α,β-unsaturated/α-hetero) is 1. The molecule has 1 saturated carbocycles. The summed E-state index contributed by atoms with van der Waals surface area (Å²) in [6.45, 7) is 5.08. The third-order valence-electron chi connectivity index (χ3n) is 8.65. The van der Waals surface area contributed by atoms with Gasteiger partial charge in [0.1, 0.15) is 0 Å². The summed E-state index contributed by atoms with van der Waals surface area (Å²) in [5, 5.41) is 6.80. The van der Waals surface area contributed by atoms with Gasteiger partial charge >= 0.3 is 0 Å². The number of anilines is 1. The van der Waals surface area contributed by atoms with Crippen LogP contribution in [0.3, 0.4) is 0 Å². The lowest BCUT2D eigenvalue weighted by molar-refractivity contribution is -0.122. The van der Waals surface area contributed by atoms with Gasteiger partial charge in [0.05, 0.1) is 5.56 Å². The largest absolute Gasteiger partial charge is 0.382 e. The maximum atomic E-state index is 13.2. The van der Waals surface area contributed by atoms with E-state index in [4.69, 9.17) is 5.73 Å². The molecule has 0 saturated heterocycles. The van der Waals surface area contributed by atoms with Crippen molar-refractivity contribution in [3.05, 3.63) is 46.3 Å². The van der Waals surface area contributed by atoms with Crippen LogP contribution in [0, 0.1) is 5.41 Å². The predicted octanol–water partition coefficient (Wildman–Crippen LogP) is 4.01. The number of nitrogens with zero attached hydrogens (tertiary/aromatic N) is 2. The van der Waals surface area contributed by atoms with Crippen molar-refractivity contribution < 1.29 is 14.4 Å². The number of hydrogen-bond acceptors (Lipinski definition) is 5. The summed E-state index contributed by atoms with van der Waals surface area (Å²) in [6, 6.07) is 6.21. The molecular weight excluding hydrogens is 490 g/mol. The fourth-order valence-electron chi connectivity index (χ4n) is 6.77. The fourth-order valence-corrected chi connectivity index (χ4v) is 6.77. The minimum Gasteiger partial charge on any atom is -0.382 e. The minimum absolute atomic E-state index is 0.0807. The zero-order valence-corrected chi connectivity index (χ0v) is 23.9. The molecule has 0 radical (unpaired) electrons. The second kappa shape index (κ2) is 10.8. The lowest BCUT2D eigenvalue weighted by atomic mass is 9.75. The van der Waals surface area contributed by atoms with Gasteiger partial charge in [0.25, 0.3) is 5.91 Å². The Morgan fingerprint density at radius 1 is 1.05 bits per heavy atom. The van der Waals surface area contributed by atoms with E-state index in [9.17, 15) is 14.4 Å². The van der Waals surface area contributed by atoms with Gasteiger partial charge < -0.3 is 25.8 Å². The van der Waals surface area contributed by atoms with Crippen LogP contribution >= 0.6 is 0 Å². The molecule has 0 atom stereocenters. The zero-order chi connectivity index (χ0) is 27.9. The van der Waals surface area contributed by atoms with Gasteiger partial charge in [-0.3, -0.25) is 14.4 Å². The van der Waals surface area contributed by atoms with Crippen molar-refractivity contribution in [1.29, 1.82) is 0 Å². The summed E-state index contributed by atoms with van der Waals surface area (Å²) in [5.41, 5.74) is 12.4. The highest BCUT2D eigenvalue weighted by atomic mass is 16.2. The predicted molar refractivity (Wildman–Crippen MR) is 154 cm³/mol. The monoisotopic (exact) mass is 533 g/mol. The lowest BCUT2D eigenvalue weighted by Gasteiger charge is -2.31. The maximum absolute atomic E-state index is 13.2. The number of rotatable bonds is 8. The maximum Gasteiger partial charge on any atom is 0.250 e. The summed E-state index contributed by atoms with van der Waals surface area (Å²) in [6.07, 6.45) is 8.52. The van der Waals surface area contributed by atoms with Gasteiger partial charge in [-0.2, -0.15) is 0 Å². The number of primary amides is 1. The van der Waals surface area contributed by atoms with Gasteiger partial charge in [-0.15, -0.1) is 0 Å². The van der Waals surface area contributed by atoms with Crippen LogP contribution in [0.25, 0.3) is 5.69 Å². The molecule has 8 heteroatoms. The molecule has 2 aromatic rings. The second-order valence-corrected chi connectivity index (χ2v) is 12.8. The topological polar surface area (TPSA) is 109 Å². The third kappa shape index (κ3) is 5.76. The summed E-state index contributed by atoms with van der Waals surface area (Å²) < 4.78 is 2.30. The van der Waals surface area contributed by atoms with Crippen LogP contribution in [0.5, 0.6) is 0 Å². The number of amides is 2. The van der Waals surface area contributed by atoms with Crippen LogP contribution in [0.1, 0.15) is 96.5 Å². The van der Waals surface area contributed by atoms with E-state index in [1.165, 1.54) is 11.3 Å². The van der Waals surface area contributed by atoms with Crippen LogP contribution in [-0.2, 0) is 24.1 Å². The van der Waals surface area contributed by atoms with Crippen LogP contribution in [0.2, 0.25) is 0 Å².